The minimum Gasteiger partial charge on any atom is -0.492 e. The molecule has 4 aromatic rings. The number of nitrogens with zero attached hydrogens (tertiary/aromatic N) is 1. The van der Waals surface area contributed by atoms with Crippen LogP contribution in [0.25, 0.3) is 10.9 Å². The van der Waals surface area contributed by atoms with Crippen LogP contribution in [0.15, 0.2) is 52.7 Å². The first-order valence-corrected chi connectivity index (χ1v) is 13.3. The highest BCUT2D eigenvalue weighted by atomic mass is 35.5. The third-order valence-electron chi connectivity index (χ3n) is 5.02. The molecule has 0 saturated heterocycles. The van der Waals surface area contributed by atoms with Gasteiger partial charge in [-0.1, -0.05) is 35.3 Å². The standard InChI is InChI=1S/C22H22Cl2N4O4S2/c1-13-17-6-5-16(10-19(17)27-26-13)32-8-7-25-12-20(29)14-3-2-4-15(9-14)28-34(30,31)21-11-18(23)22(24)33-21/h2-6,9-11,20,25,28-29H,7-8,12H2,1H3,(H,26,27). The Balaban J connectivity index is 1.27. The van der Waals surface area contributed by atoms with E-state index in [0.29, 0.717) is 24.4 Å². The zero-order chi connectivity index (χ0) is 24.3. The lowest BCUT2D eigenvalue weighted by Crippen LogP contribution is -2.26. The quantitative estimate of drug-likeness (QED) is 0.216. The molecule has 8 nitrogen and oxygen atoms in total. The van der Waals surface area contributed by atoms with Crippen molar-refractivity contribution < 1.29 is 18.3 Å². The Kier molecular flexibility index (Phi) is 7.66. The summed E-state index contributed by atoms with van der Waals surface area (Å²) >= 11 is 12.6. The SMILES string of the molecule is Cc1n[nH]c2cc(OCCNCC(O)c3cccc(NS(=O)(=O)c4cc(Cl)c(Cl)s4)c3)ccc12. The van der Waals surface area contributed by atoms with Crippen LogP contribution in [0.5, 0.6) is 5.75 Å². The molecule has 4 rings (SSSR count). The fourth-order valence-electron chi connectivity index (χ4n) is 3.30. The molecule has 0 saturated carbocycles. The van der Waals surface area contributed by atoms with E-state index in [2.05, 4.69) is 20.2 Å². The van der Waals surface area contributed by atoms with E-state index in [1.165, 1.54) is 6.07 Å². The second-order valence-electron chi connectivity index (χ2n) is 7.50. The zero-order valence-corrected chi connectivity index (χ0v) is 21.2. The molecule has 2 aromatic carbocycles. The topological polar surface area (TPSA) is 116 Å². The average molecular weight is 541 g/mol. The molecule has 1 unspecified atom stereocenters. The number of nitrogens with one attached hydrogen (secondary N) is 3. The first-order chi connectivity index (χ1) is 16.2. The largest absolute Gasteiger partial charge is 0.492 e. The fraction of sp³-hybridized carbons (Fsp3) is 0.227. The molecule has 0 aliphatic rings. The van der Waals surface area contributed by atoms with Crippen molar-refractivity contribution in [3.05, 3.63) is 69.1 Å². The Bertz CT molecular complexity index is 1390. The van der Waals surface area contributed by atoms with E-state index in [1.54, 1.807) is 24.3 Å². The summed E-state index contributed by atoms with van der Waals surface area (Å²) in [5.41, 5.74) is 2.74. The smallest absolute Gasteiger partial charge is 0.271 e. The van der Waals surface area contributed by atoms with Gasteiger partial charge in [-0.05, 0) is 42.8 Å². The number of aromatic nitrogens is 2. The Labute approximate surface area is 210 Å². The Hall–Kier alpha value is -2.34. The Morgan fingerprint density at radius 1 is 1.21 bits per heavy atom. The number of aromatic amines is 1. The molecule has 0 radical (unpaired) electrons. The molecule has 4 N–H and O–H groups in total. The maximum absolute atomic E-state index is 12.6. The number of aliphatic hydroxyl groups is 1. The van der Waals surface area contributed by atoms with Crippen LogP contribution in [0.1, 0.15) is 17.4 Å². The van der Waals surface area contributed by atoms with Gasteiger partial charge in [-0.3, -0.25) is 9.82 Å². The van der Waals surface area contributed by atoms with Gasteiger partial charge < -0.3 is 15.2 Å². The van der Waals surface area contributed by atoms with Gasteiger partial charge in [-0.2, -0.15) is 5.10 Å². The molecule has 2 aromatic heterocycles. The Morgan fingerprint density at radius 3 is 2.79 bits per heavy atom. The van der Waals surface area contributed by atoms with Crippen LogP contribution in [0, 0.1) is 6.92 Å². The molecule has 0 aliphatic carbocycles. The predicted octanol–water partition coefficient (Wildman–Crippen LogP) is 4.74. The van der Waals surface area contributed by atoms with Crippen LogP contribution in [0.4, 0.5) is 5.69 Å². The van der Waals surface area contributed by atoms with E-state index < -0.39 is 16.1 Å². The molecule has 1 atom stereocenters. The number of sulfonamides is 1. The number of aliphatic hydroxyl groups excluding tert-OH is 1. The number of ether oxygens (including phenoxy) is 1. The monoisotopic (exact) mass is 540 g/mol. The van der Waals surface area contributed by atoms with E-state index in [-0.39, 0.29) is 20.1 Å². The average Bonchev–Trinajstić information content (AvgIpc) is 3.35. The summed E-state index contributed by atoms with van der Waals surface area (Å²) in [6, 6.07) is 13.6. The van der Waals surface area contributed by atoms with E-state index in [1.807, 2.05) is 25.1 Å². The maximum Gasteiger partial charge on any atom is 0.271 e. The van der Waals surface area contributed by atoms with Crippen molar-refractivity contribution in [1.82, 2.24) is 15.5 Å². The van der Waals surface area contributed by atoms with Crippen molar-refractivity contribution in [2.45, 2.75) is 17.2 Å². The first-order valence-electron chi connectivity index (χ1n) is 10.3. The van der Waals surface area contributed by atoms with Crippen molar-refractivity contribution >= 4 is 61.2 Å². The third kappa shape index (κ3) is 5.83. The fourth-order valence-corrected chi connectivity index (χ4v) is 6.23. The van der Waals surface area contributed by atoms with Gasteiger partial charge in [0.25, 0.3) is 10.0 Å². The van der Waals surface area contributed by atoms with Gasteiger partial charge >= 0.3 is 0 Å². The Morgan fingerprint density at radius 2 is 2.03 bits per heavy atom. The van der Waals surface area contributed by atoms with E-state index in [4.69, 9.17) is 27.9 Å². The summed E-state index contributed by atoms with van der Waals surface area (Å²) < 4.78 is 33.6. The number of hydrogen-bond acceptors (Lipinski definition) is 7. The van der Waals surface area contributed by atoms with Crippen molar-refractivity contribution in [2.24, 2.45) is 0 Å². The number of H-pyrrole nitrogens is 1. The van der Waals surface area contributed by atoms with Gasteiger partial charge in [-0.25, -0.2) is 8.42 Å². The lowest BCUT2D eigenvalue weighted by atomic mass is 10.1. The van der Waals surface area contributed by atoms with Crippen LogP contribution >= 0.6 is 34.5 Å². The number of aryl methyl sites for hydroxylation is 1. The van der Waals surface area contributed by atoms with Crippen LogP contribution in [-0.4, -0.2) is 43.4 Å². The van der Waals surface area contributed by atoms with Crippen LogP contribution in [-0.2, 0) is 10.0 Å². The van der Waals surface area contributed by atoms with Gasteiger partial charge in [0.15, 0.2) is 0 Å². The summed E-state index contributed by atoms with van der Waals surface area (Å²) in [5, 5.41) is 22.0. The molecule has 34 heavy (non-hydrogen) atoms. The molecule has 0 amide bonds. The van der Waals surface area contributed by atoms with E-state index in [0.717, 1.165) is 33.7 Å². The molecule has 0 fully saturated rings. The van der Waals surface area contributed by atoms with Crippen molar-refractivity contribution in [1.29, 1.82) is 0 Å². The van der Waals surface area contributed by atoms with Gasteiger partial charge in [0.1, 0.15) is 20.9 Å². The first kappa shape index (κ1) is 24.8. The number of halogens is 2. The highest BCUT2D eigenvalue weighted by molar-refractivity contribution is 7.94. The molecule has 2 heterocycles. The maximum atomic E-state index is 12.6. The van der Waals surface area contributed by atoms with Gasteiger partial charge in [0.05, 0.1) is 22.3 Å². The number of fused-ring (bicyclic) bond motifs is 1. The molecule has 180 valence electrons. The highest BCUT2D eigenvalue weighted by Crippen LogP contribution is 2.35. The van der Waals surface area contributed by atoms with Crippen molar-refractivity contribution in [2.75, 3.05) is 24.4 Å². The second kappa shape index (κ2) is 10.5. The van der Waals surface area contributed by atoms with Crippen LogP contribution in [0.2, 0.25) is 9.36 Å². The molecule has 0 spiro atoms. The lowest BCUT2D eigenvalue weighted by molar-refractivity contribution is 0.172. The molecular weight excluding hydrogens is 519 g/mol. The summed E-state index contributed by atoms with van der Waals surface area (Å²) in [4.78, 5) is 0. The van der Waals surface area contributed by atoms with Gasteiger partial charge in [-0.15, -0.1) is 11.3 Å². The molecule has 12 heteroatoms. The number of hydrogen-bond donors (Lipinski definition) is 4. The van der Waals surface area contributed by atoms with E-state index in [9.17, 15) is 13.5 Å². The van der Waals surface area contributed by atoms with Crippen molar-refractivity contribution in [3.8, 4) is 5.75 Å². The molecular formula is C22H22Cl2N4O4S2. The predicted molar refractivity (Wildman–Crippen MR) is 136 cm³/mol. The summed E-state index contributed by atoms with van der Waals surface area (Å²) in [6.07, 6.45) is -0.834. The molecule has 0 bridgehead atoms. The lowest BCUT2D eigenvalue weighted by Gasteiger charge is -2.14. The number of anilines is 1. The minimum absolute atomic E-state index is 0.0110. The summed E-state index contributed by atoms with van der Waals surface area (Å²) in [6.45, 7) is 3.14. The third-order valence-corrected chi connectivity index (χ3v) is 8.74. The number of benzene rings is 2. The van der Waals surface area contributed by atoms with Crippen LogP contribution < -0.4 is 14.8 Å². The van der Waals surface area contributed by atoms with Gasteiger partial charge in [0.2, 0.25) is 0 Å². The summed E-state index contributed by atoms with van der Waals surface area (Å²) in [5.74, 6) is 0.729. The zero-order valence-electron chi connectivity index (χ0n) is 18.0. The normalized spacial score (nSPS) is 12.7. The minimum atomic E-state index is -3.84. The highest BCUT2D eigenvalue weighted by Gasteiger charge is 2.20. The summed E-state index contributed by atoms with van der Waals surface area (Å²) in [7, 11) is -3.84. The number of thiophene rings is 1. The van der Waals surface area contributed by atoms with Gasteiger partial charge in [0, 0.05) is 30.2 Å². The number of rotatable bonds is 10. The van der Waals surface area contributed by atoms with Crippen LogP contribution in [0.3, 0.4) is 0 Å². The van der Waals surface area contributed by atoms with Crippen molar-refractivity contribution in [3.63, 3.8) is 0 Å². The second-order valence-corrected chi connectivity index (χ2v) is 11.5. The van der Waals surface area contributed by atoms with E-state index >= 15 is 0 Å². The molecule has 0 aliphatic heterocycles.